The van der Waals surface area contributed by atoms with Gasteiger partial charge in [-0.05, 0) is 5.56 Å². The predicted molar refractivity (Wildman–Crippen MR) is 60.2 cm³/mol. The fraction of sp³-hybridized carbons (Fsp3) is 0.167. The molecule has 0 bridgehead atoms. The molecule has 0 saturated carbocycles. The second-order valence-electron chi connectivity index (χ2n) is 3.40. The van der Waals surface area contributed by atoms with E-state index in [0.717, 1.165) is 5.56 Å². The summed E-state index contributed by atoms with van der Waals surface area (Å²) >= 11 is 6.49. The monoisotopic (exact) mass is 205 g/mol. The maximum atomic E-state index is 6.49. The van der Waals surface area contributed by atoms with E-state index < -0.39 is 4.87 Å². The van der Waals surface area contributed by atoms with E-state index in [4.69, 9.17) is 17.3 Å². The third kappa shape index (κ3) is 1.49. The van der Waals surface area contributed by atoms with Crippen LogP contribution in [0, 0.1) is 0 Å². The van der Waals surface area contributed by atoms with Gasteiger partial charge in [0.2, 0.25) is 0 Å². The van der Waals surface area contributed by atoms with Crippen LogP contribution in [0.5, 0.6) is 0 Å². The van der Waals surface area contributed by atoms with Crippen molar-refractivity contribution in [3.63, 3.8) is 0 Å². The molecule has 2 heteroatoms. The molecule has 1 aromatic rings. The molecule has 72 valence electrons. The largest absolute Gasteiger partial charge is 0.322 e. The highest BCUT2D eigenvalue weighted by atomic mass is 35.5. The lowest BCUT2D eigenvalue weighted by Crippen LogP contribution is -2.39. The van der Waals surface area contributed by atoms with E-state index in [1.807, 2.05) is 54.6 Å². The van der Waals surface area contributed by atoms with Crippen LogP contribution in [0.25, 0.3) is 0 Å². The standard InChI is InChI=1S/C12H12ClN/c13-12(9-5-4-8-11(12)14)10-6-2-1-3-7-10/h1-9,11H,14H2. The molecule has 0 saturated heterocycles. The SMILES string of the molecule is NC1C=CC=CC1(Cl)c1ccccc1. The lowest BCUT2D eigenvalue weighted by molar-refractivity contribution is 0.646. The van der Waals surface area contributed by atoms with Gasteiger partial charge in [-0.15, -0.1) is 11.6 Å². The highest BCUT2D eigenvalue weighted by molar-refractivity contribution is 6.26. The summed E-state index contributed by atoms with van der Waals surface area (Å²) in [6, 6.07) is 9.73. The van der Waals surface area contributed by atoms with Gasteiger partial charge in [-0.2, -0.15) is 0 Å². The minimum absolute atomic E-state index is 0.170. The molecular weight excluding hydrogens is 194 g/mol. The molecule has 0 heterocycles. The topological polar surface area (TPSA) is 26.0 Å². The summed E-state index contributed by atoms with van der Waals surface area (Å²) in [6.45, 7) is 0. The zero-order valence-electron chi connectivity index (χ0n) is 7.73. The Kier molecular flexibility index (Phi) is 2.44. The van der Waals surface area contributed by atoms with Crippen molar-refractivity contribution in [3.05, 3.63) is 60.2 Å². The lowest BCUT2D eigenvalue weighted by Gasteiger charge is -2.30. The van der Waals surface area contributed by atoms with Crippen LogP contribution in [-0.4, -0.2) is 6.04 Å². The number of rotatable bonds is 1. The van der Waals surface area contributed by atoms with Crippen LogP contribution in [0.4, 0.5) is 0 Å². The molecule has 0 amide bonds. The Morgan fingerprint density at radius 1 is 1.14 bits per heavy atom. The molecular formula is C12H12ClN. The zero-order valence-corrected chi connectivity index (χ0v) is 8.48. The number of alkyl halides is 1. The van der Waals surface area contributed by atoms with E-state index in [0.29, 0.717) is 0 Å². The molecule has 1 aliphatic rings. The molecule has 2 rings (SSSR count). The predicted octanol–water partition coefficient (Wildman–Crippen LogP) is 2.57. The first kappa shape index (κ1) is 9.50. The molecule has 1 aliphatic carbocycles. The number of allylic oxidation sites excluding steroid dienone is 2. The fourth-order valence-corrected chi connectivity index (χ4v) is 1.88. The summed E-state index contributed by atoms with van der Waals surface area (Å²) in [6.07, 6.45) is 7.71. The molecule has 0 radical (unpaired) electrons. The second kappa shape index (κ2) is 3.60. The van der Waals surface area contributed by atoms with Gasteiger partial charge in [-0.1, -0.05) is 54.6 Å². The van der Waals surface area contributed by atoms with Crippen molar-refractivity contribution >= 4 is 11.6 Å². The molecule has 14 heavy (non-hydrogen) atoms. The lowest BCUT2D eigenvalue weighted by atomic mass is 9.88. The van der Waals surface area contributed by atoms with Gasteiger partial charge in [-0.3, -0.25) is 0 Å². The Balaban J connectivity index is 2.42. The Morgan fingerprint density at radius 3 is 2.50 bits per heavy atom. The Morgan fingerprint density at radius 2 is 1.86 bits per heavy atom. The van der Waals surface area contributed by atoms with E-state index in [-0.39, 0.29) is 6.04 Å². The zero-order chi connectivity index (χ0) is 10.0. The van der Waals surface area contributed by atoms with Crippen LogP contribution in [0.15, 0.2) is 54.6 Å². The van der Waals surface area contributed by atoms with Crippen LogP contribution in [0.3, 0.4) is 0 Å². The number of halogens is 1. The van der Waals surface area contributed by atoms with Crippen molar-refractivity contribution in [2.24, 2.45) is 5.73 Å². The van der Waals surface area contributed by atoms with Crippen LogP contribution in [0.1, 0.15) is 5.56 Å². The van der Waals surface area contributed by atoms with Crippen LogP contribution >= 0.6 is 11.6 Å². The van der Waals surface area contributed by atoms with Gasteiger partial charge < -0.3 is 5.73 Å². The van der Waals surface area contributed by atoms with Gasteiger partial charge >= 0.3 is 0 Å². The average Bonchev–Trinajstić information content (AvgIpc) is 2.24. The third-order valence-corrected chi connectivity index (χ3v) is 3.07. The molecule has 1 aromatic carbocycles. The van der Waals surface area contributed by atoms with Gasteiger partial charge in [0.1, 0.15) is 4.87 Å². The summed E-state index contributed by atoms with van der Waals surface area (Å²) in [5.74, 6) is 0. The molecule has 2 unspecified atom stereocenters. The summed E-state index contributed by atoms with van der Waals surface area (Å²) in [7, 11) is 0. The Bertz CT molecular complexity index is 369. The molecule has 0 spiro atoms. The van der Waals surface area contributed by atoms with E-state index in [9.17, 15) is 0 Å². The first-order valence-corrected chi connectivity index (χ1v) is 4.97. The normalized spacial score (nSPS) is 30.6. The molecule has 0 aromatic heterocycles. The molecule has 0 fully saturated rings. The molecule has 0 aliphatic heterocycles. The Labute approximate surface area is 88.9 Å². The first-order chi connectivity index (χ1) is 6.73. The molecule has 2 atom stereocenters. The van der Waals surface area contributed by atoms with Gasteiger partial charge in [0.25, 0.3) is 0 Å². The molecule has 2 N–H and O–H groups in total. The maximum absolute atomic E-state index is 6.49. The van der Waals surface area contributed by atoms with Crippen molar-refractivity contribution < 1.29 is 0 Å². The van der Waals surface area contributed by atoms with Crippen molar-refractivity contribution in [1.82, 2.24) is 0 Å². The van der Waals surface area contributed by atoms with Crippen molar-refractivity contribution in [1.29, 1.82) is 0 Å². The molecule has 1 nitrogen and oxygen atoms in total. The van der Waals surface area contributed by atoms with Crippen LogP contribution < -0.4 is 5.73 Å². The van der Waals surface area contributed by atoms with E-state index >= 15 is 0 Å². The van der Waals surface area contributed by atoms with Crippen molar-refractivity contribution in [3.8, 4) is 0 Å². The first-order valence-electron chi connectivity index (χ1n) is 4.59. The number of hydrogen-bond donors (Lipinski definition) is 1. The minimum atomic E-state index is -0.587. The van der Waals surface area contributed by atoms with Crippen molar-refractivity contribution in [2.45, 2.75) is 10.9 Å². The quantitative estimate of drug-likeness (QED) is 0.701. The van der Waals surface area contributed by atoms with Crippen molar-refractivity contribution in [2.75, 3.05) is 0 Å². The fourth-order valence-electron chi connectivity index (χ4n) is 1.61. The minimum Gasteiger partial charge on any atom is -0.322 e. The van der Waals surface area contributed by atoms with Gasteiger partial charge in [0.05, 0.1) is 6.04 Å². The average molecular weight is 206 g/mol. The third-order valence-electron chi connectivity index (χ3n) is 2.47. The van der Waals surface area contributed by atoms with E-state index in [2.05, 4.69) is 0 Å². The Hall–Kier alpha value is -1.05. The smallest absolute Gasteiger partial charge is 0.106 e. The number of benzene rings is 1. The van der Waals surface area contributed by atoms with Gasteiger partial charge in [0.15, 0.2) is 0 Å². The number of nitrogens with two attached hydrogens (primary N) is 1. The summed E-state index contributed by atoms with van der Waals surface area (Å²) in [5.41, 5.74) is 7.01. The van der Waals surface area contributed by atoms with E-state index in [1.54, 1.807) is 0 Å². The van der Waals surface area contributed by atoms with E-state index in [1.165, 1.54) is 0 Å². The number of hydrogen-bond acceptors (Lipinski definition) is 1. The second-order valence-corrected chi connectivity index (χ2v) is 4.03. The summed E-state index contributed by atoms with van der Waals surface area (Å²) < 4.78 is 0. The van der Waals surface area contributed by atoms with Crippen LogP contribution in [-0.2, 0) is 4.87 Å². The highest BCUT2D eigenvalue weighted by Gasteiger charge is 2.33. The summed E-state index contributed by atoms with van der Waals surface area (Å²) in [5, 5.41) is 0. The van der Waals surface area contributed by atoms with Gasteiger partial charge in [-0.25, -0.2) is 0 Å². The van der Waals surface area contributed by atoms with Crippen LogP contribution in [0.2, 0.25) is 0 Å². The maximum Gasteiger partial charge on any atom is 0.106 e. The highest BCUT2D eigenvalue weighted by Crippen LogP contribution is 2.35. The van der Waals surface area contributed by atoms with Gasteiger partial charge in [0, 0.05) is 0 Å². The summed E-state index contributed by atoms with van der Waals surface area (Å²) in [4.78, 5) is -0.587.